The zero-order valence-corrected chi connectivity index (χ0v) is 6.67. The molecule has 0 saturated carbocycles. The number of aromatic nitrogens is 2. The molecular weight excluding hydrogens is 183 g/mol. The Morgan fingerprint density at radius 2 is 2.08 bits per heavy atom. The summed E-state index contributed by atoms with van der Waals surface area (Å²) in [5, 5.41) is 0. The molecule has 1 aromatic heterocycles. The fourth-order valence-corrected chi connectivity index (χ4v) is 0.835. The van der Waals surface area contributed by atoms with Crippen LogP contribution in [0.4, 0.5) is 18.9 Å². The zero-order valence-electron chi connectivity index (χ0n) is 6.67. The molecule has 1 aromatic rings. The van der Waals surface area contributed by atoms with Gasteiger partial charge in [0.1, 0.15) is 6.33 Å². The molecule has 0 amide bonds. The second-order valence-corrected chi connectivity index (χ2v) is 2.54. The van der Waals surface area contributed by atoms with Crippen molar-refractivity contribution in [2.45, 2.75) is 19.0 Å². The van der Waals surface area contributed by atoms with Crippen LogP contribution in [0.25, 0.3) is 0 Å². The van der Waals surface area contributed by atoms with Gasteiger partial charge in [-0.05, 0) is 0 Å². The number of nitrogens with zero attached hydrogens (tertiary/aromatic N) is 2. The van der Waals surface area contributed by atoms with Crippen LogP contribution in [0, 0.1) is 0 Å². The van der Waals surface area contributed by atoms with Gasteiger partial charge in [0.2, 0.25) is 0 Å². The maximum absolute atomic E-state index is 11.8. The molecule has 0 aliphatic rings. The van der Waals surface area contributed by atoms with Crippen molar-refractivity contribution in [2.75, 3.05) is 5.73 Å². The van der Waals surface area contributed by atoms with Gasteiger partial charge in [0, 0.05) is 12.8 Å². The lowest BCUT2D eigenvalue weighted by atomic mass is 10.2. The monoisotopic (exact) mass is 191 g/mol. The Labute approximate surface area is 72.8 Å². The summed E-state index contributed by atoms with van der Waals surface area (Å²) in [4.78, 5) is 7.22. The van der Waals surface area contributed by atoms with Crippen molar-refractivity contribution in [1.29, 1.82) is 0 Å². The molecule has 0 atom stereocenters. The van der Waals surface area contributed by atoms with E-state index in [4.69, 9.17) is 5.73 Å². The smallest absolute Gasteiger partial charge is 0.389 e. The van der Waals surface area contributed by atoms with Gasteiger partial charge in [0.25, 0.3) is 0 Å². The molecule has 0 aliphatic heterocycles. The lowest BCUT2D eigenvalue weighted by Crippen LogP contribution is -2.10. The normalized spacial score (nSPS) is 11.6. The summed E-state index contributed by atoms with van der Waals surface area (Å²) in [7, 11) is 0. The molecule has 0 radical (unpaired) electrons. The predicted molar refractivity (Wildman–Crippen MR) is 40.8 cm³/mol. The highest BCUT2D eigenvalue weighted by molar-refractivity contribution is 5.39. The van der Waals surface area contributed by atoms with E-state index in [1.54, 1.807) is 0 Å². The Kier molecular flexibility index (Phi) is 2.69. The van der Waals surface area contributed by atoms with Gasteiger partial charge in [0.05, 0.1) is 17.6 Å². The van der Waals surface area contributed by atoms with Gasteiger partial charge in [-0.25, -0.2) is 9.97 Å². The lowest BCUT2D eigenvalue weighted by Gasteiger charge is -2.06. The Hall–Kier alpha value is -1.33. The molecule has 0 saturated heterocycles. The number of anilines is 1. The third-order valence-electron chi connectivity index (χ3n) is 1.47. The standard InChI is InChI=1S/C7H8F3N3/c8-7(9,10)2-1-6-5(11)3-12-4-13-6/h3-4H,1-2,11H2. The van der Waals surface area contributed by atoms with Gasteiger partial charge < -0.3 is 5.73 Å². The van der Waals surface area contributed by atoms with E-state index in [0.29, 0.717) is 0 Å². The summed E-state index contributed by atoms with van der Waals surface area (Å²) >= 11 is 0. The first-order chi connectivity index (χ1) is 5.99. The highest BCUT2D eigenvalue weighted by Gasteiger charge is 2.27. The molecule has 13 heavy (non-hydrogen) atoms. The van der Waals surface area contributed by atoms with Crippen molar-refractivity contribution in [3.05, 3.63) is 18.2 Å². The summed E-state index contributed by atoms with van der Waals surface area (Å²) < 4.78 is 35.4. The zero-order chi connectivity index (χ0) is 9.90. The SMILES string of the molecule is Nc1cncnc1CCC(F)(F)F. The van der Waals surface area contributed by atoms with E-state index in [9.17, 15) is 13.2 Å². The lowest BCUT2D eigenvalue weighted by molar-refractivity contribution is -0.134. The number of nitrogen functional groups attached to an aromatic ring is 1. The average molecular weight is 191 g/mol. The van der Waals surface area contributed by atoms with Crippen LogP contribution in [0.3, 0.4) is 0 Å². The number of hydrogen-bond donors (Lipinski definition) is 1. The summed E-state index contributed by atoms with van der Waals surface area (Å²) in [5.41, 5.74) is 5.80. The van der Waals surface area contributed by atoms with Gasteiger partial charge in [-0.3, -0.25) is 0 Å². The van der Waals surface area contributed by atoms with E-state index in [-0.39, 0.29) is 17.8 Å². The molecule has 0 unspecified atom stereocenters. The number of alkyl halides is 3. The predicted octanol–water partition coefficient (Wildman–Crippen LogP) is 1.55. The van der Waals surface area contributed by atoms with Gasteiger partial charge in [0.15, 0.2) is 0 Å². The largest absolute Gasteiger partial charge is 0.396 e. The molecule has 0 aromatic carbocycles. The number of hydrogen-bond acceptors (Lipinski definition) is 3. The summed E-state index contributed by atoms with van der Waals surface area (Å²) in [6.07, 6.45) is -2.80. The second-order valence-electron chi connectivity index (χ2n) is 2.54. The van der Waals surface area contributed by atoms with Crippen LogP contribution in [-0.4, -0.2) is 16.1 Å². The van der Waals surface area contributed by atoms with E-state index >= 15 is 0 Å². The summed E-state index contributed by atoms with van der Waals surface area (Å²) in [6, 6.07) is 0. The molecule has 2 N–H and O–H groups in total. The maximum atomic E-state index is 11.8. The molecule has 1 rings (SSSR count). The van der Waals surface area contributed by atoms with Gasteiger partial charge in [-0.1, -0.05) is 0 Å². The van der Waals surface area contributed by atoms with E-state index in [2.05, 4.69) is 9.97 Å². The highest BCUT2D eigenvalue weighted by Crippen LogP contribution is 2.22. The van der Waals surface area contributed by atoms with Crippen molar-refractivity contribution in [2.24, 2.45) is 0 Å². The van der Waals surface area contributed by atoms with Gasteiger partial charge >= 0.3 is 6.18 Å². The molecule has 0 spiro atoms. The minimum Gasteiger partial charge on any atom is -0.396 e. The van der Waals surface area contributed by atoms with Crippen molar-refractivity contribution in [3.8, 4) is 0 Å². The topological polar surface area (TPSA) is 51.8 Å². The third-order valence-corrected chi connectivity index (χ3v) is 1.47. The minimum absolute atomic E-state index is 0.197. The van der Waals surface area contributed by atoms with Crippen molar-refractivity contribution >= 4 is 5.69 Å². The maximum Gasteiger partial charge on any atom is 0.389 e. The third kappa shape index (κ3) is 3.27. The molecule has 6 heteroatoms. The van der Waals surface area contributed by atoms with Crippen molar-refractivity contribution < 1.29 is 13.2 Å². The van der Waals surface area contributed by atoms with Crippen LogP contribution in [0.15, 0.2) is 12.5 Å². The first kappa shape index (κ1) is 9.76. The van der Waals surface area contributed by atoms with E-state index < -0.39 is 12.6 Å². The highest BCUT2D eigenvalue weighted by atomic mass is 19.4. The van der Waals surface area contributed by atoms with Crippen LogP contribution >= 0.6 is 0 Å². The molecule has 1 heterocycles. The average Bonchev–Trinajstić information content (AvgIpc) is 2.01. The van der Waals surface area contributed by atoms with E-state index in [1.807, 2.05) is 0 Å². The Morgan fingerprint density at radius 3 is 2.62 bits per heavy atom. The summed E-state index contributed by atoms with van der Waals surface area (Å²) in [5.74, 6) is 0. The van der Waals surface area contributed by atoms with Crippen LogP contribution < -0.4 is 5.73 Å². The Morgan fingerprint density at radius 1 is 1.38 bits per heavy atom. The van der Waals surface area contributed by atoms with Crippen molar-refractivity contribution in [1.82, 2.24) is 9.97 Å². The molecule has 3 nitrogen and oxygen atoms in total. The number of halogens is 3. The number of aryl methyl sites for hydroxylation is 1. The fourth-order valence-electron chi connectivity index (χ4n) is 0.835. The number of nitrogens with two attached hydrogens (primary N) is 1. The van der Waals surface area contributed by atoms with Crippen molar-refractivity contribution in [3.63, 3.8) is 0 Å². The molecular formula is C7H8F3N3. The fraction of sp³-hybridized carbons (Fsp3) is 0.429. The molecule has 0 fully saturated rings. The van der Waals surface area contributed by atoms with E-state index in [0.717, 1.165) is 0 Å². The minimum atomic E-state index is -4.17. The van der Waals surface area contributed by atoms with Crippen LogP contribution in [0.1, 0.15) is 12.1 Å². The molecule has 72 valence electrons. The van der Waals surface area contributed by atoms with Gasteiger partial charge in [-0.15, -0.1) is 0 Å². The Bertz CT molecular complexity index is 285. The first-order valence-corrected chi connectivity index (χ1v) is 3.60. The van der Waals surface area contributed by atoms with Crippen LogP contribution in [-0.2, 0) is 6.42 Å². The van der Waals surface area contributed by atoms with Crippen LogP contribution in [0.5, 0.6) is 0 Å². The Balaban J connectivity index is 2.60. The van der Waals surface area contributed by atoms with Gasteiger partial charge in [-0.2, -0.15) is 13.2 Å². The number of rotatable bonds is 2. The quantitative estimate of drug-likeness (QED) is 0.771. The molecule has 0 aliphatic carbocycles. The van der Waals surface area contributed by atoms with Crippen LogP contribution in [0.2, 0.25) is 0 Å². The second kappa shape index (κ2) is 3.59. The summed E-state index contributed by atoms with van der Waals surface area (Å²) in [6.45, 7) is 0. The molecule has 0 bridgehead atoms. The first-order valence-electron chi connectivity index (χ1n) is 3.60. The van der Waals surface area contributed by atoms with E-state index in [1.165, 1.54) is 12.5 Å².